The number of aromatic nitrogens is 1. The van der Waals surface area contributed by atoms with Crippen molar-refractivity contribution < 1.29 is 19.0 Å². The first-order chi connectivity index (χ1) is 14.5. The highest BCUT2D eigenvalue weighted by Crippen LogP contribution is 2.38. The first-order valence-electron chi connectivity index (χ1n) is 9.44. The highest BCUT2D eigenvalue weighted by molar-refractivity contribution is 9.10. The molecule has 2 heterocycles. The number of piperazine rings is 1. The van der Waals surface area contributed by atoms with Crippen LogP contribution in [0.5, 0.6) is 17.2 Å². The van der Waals surface area contributed by atoms with Gasteiger partial charge in [0, 0.05) is 36.2 Å². The van der Waals surface area contributed by atoms with Crippen molar-refractivity contribution in [2.45, 2.75) is 0 Å². The summed E-state index contributed by atoms with van der Waals surface area (Å²) in [6, 6.07) is 9.49. The zero-order chi connectivity index (χ0) is 21.3. The molecular formula is C21H22BrN3O4S. The van der Waals surface area contributed by atoms with Crippen LogP contribution in [-0.2, 0) is 0 Å². The van der Waals surface area contributed by atoms with Gasteiger partial charge in [-0.05, 0) is 30.3 Å². The molecule has 0 radical (unpaired) electrons. The van der Waals surface area contributed by atoms with E-state index in [4.69, 9.17) is 19.2 Å². The van der Waals surface area contributed by atoms with Gasteiger partial charge in [-0.2, -0.15) is 0 Å². The van der Waals surface area contributed by atoms with E-state index in [0.717, 1.165) is 32.9 Å². The largest absolute Gasteiger partial charge is 0.493 e. The number of hydrogen-bond donors (Lipinski definition) is 0. The van der Waals surface area contributed by atoms with Crippen molar-refractivity contribution >= 4 is 48.5 Å². The number of nitrogens with zero attached hydrogens (tertiary/aromatic N) is 3. The zero-order valence-corrected chi connectivity index (χ0v) is 19.4. The number of anilines is 1. The van der Waals surface area contributed by atoms with E-state index in [1.165, 1.54) is 0 Å². The summed E-state index contributed by atoms with van der Waals surface area (Å²) in [7, 11) is 4.63. The van der Waals surface area contributed by atoms with Gasteiger partial charge in [0.2, 0.25) is 5.75 Å². The summed E-state index contributed by atoms with van der Waals surface area (Å²) in [5.74, 6) is 1.37. The molecule has 1 fully saturated rings. The summed E-state index contributed by atoms with van der Waals surface area (Å²) in [5, 5.41) is 0.989. The molecule has 1 saturated heterocycles. The summed E-state index contributed by atoms with van der Waals surface area (Å²) >= 11 is 5.18. The van der Waals surface area contributed by atoms with Gasteiger partial charge < -0.3 is 24.0 Å². The third-order valence-electron chi connectivity index (χ3n) is 5.09. The number of carbonyl (C=O) groups is 1. The minimum absolute atomic E-state index is 0.0536. The number of ether oxygens (including phenoxy) is 3. The number of halogens is 1. The molecule has 158 valence electrons. The Labute approximate surface area is 187 Å². The van der Waals surface area contributed by atoms with Crippen molar-refractivity contribution in [1.82, 2.24) is 9.88 Å². The number of thiazole rings is 1. The molecule has 0 atom stereocenters. The van der Waals surface area contributed by atoms with Gasteiger partial charge in [-0.3, -0.25) is 4.79 Å². The lowest BCUT2D eigenvalue weighted by Crippen LogP contribution is -2.48. The topological polar surface area (TPSA) is 64.1 Å². The molecule has 0 aliphatic carbocycles. The van der Waals surface area contributed by atoms with Crippen LogP contribution in [-0.4, -0.2) is 63.3 Å². The molecular weight excluding hydrogens is 470 g/mol. The van der Waals surface area contributed by atoms with Gasteiger partial charge in [0.15, 0.2) is 16.6 Å². The molecule has 0 unspecified atom stereocenters. The lowest BCUT2D eigenvalue weighted by Gasteiger charge is -2.34. The molecule has 1 aromatic heterocycles. The highest BCUT2D eigenvalue weighted by Gasteiger charge is 2.26. The van der Waals surface area contributed by atoms with Crippen LogP contribution >= 0.6 is 27.3 Å². The van der Waals surface area contributed by atoms with Crippen molar-refractivity contribution in [3.8, 4) is 17.2 Å². The Morgan fingerprint density at radius 2 is 1.67 bits per heavy atom. The predicted octanol–water partition coefficient (Wildman–Crippen LogP) is 4.05. The molecule has 1 aliphatic heterocycles. The van der Waals surface area contributed by atoms with Crippen molar-refractivity contribution in [1.29, 1.82) is 0 Å². The highest BCUT2D eigenvalue weighted by atomic mass is 79.9. The van der Waals surface area contributed by atoms with Gasteiger partial charge in [-0.1, -0.05) is 27.3 Å². The summed E-state index contributed by atoms with van der Waals surface area (Å²) in [5.41, 5.74) is 1.51. The Morgan fingerprint density at radius 3 is 2.27 bits per heavy atom. The van der Waals surface area contributed by atoms with Gasteiger partial charge in [0.05, 0.1) is 31.5 Å². The minimum atomic E-state index is -0.0536. The van der Waals surface area contributed by atoms with Gasteiger partial charge in [-0.25, -0.2) is 4.98 Å². The molecule has 0 spiro atoms. The van der Waals surface area contributed by atoms with E-state index in [-0.39, 0.29) is 5.91 Å². The Kier molecular flexibility index (Phi) is 6.01. The van der Waals surface area contributed by atoms with E-state index in [1.54, 1.807) is 44.8 Å². The number of amides is 1. The molecule has 0 saturated carbocycles. The zero-order valence-electron chi connectivity index (χ0n) is 17.0. The number of benzene rings is 2. The molecule has 3 aromatic rings. The van der Waals surface area contributed by atoms with Crippen LogP contribution in [0.4, 0.5) is 5.13 Å². The smallest absolute Gasteiger partial charge is 0.254 e. The first kappa shape index (κ1) is 20.7. The van der Waals surface area contributed by atoms with Crippen LogP contribution in [0.15, 0.2) is 34.8 Å². The fourth-order valence-corrected chi connectivity index (χ4v) is 5.08. The van der Waals surface area contributed by atoms with Crippen LogP contribution in [0.3, 0.4) is 0 Å². The summed E-state index contributed by atoms with van der Waals surface area (Å²) in [6.07, 6.45) is 0. The number of fused-ring (bicyclic) bond motifs is 1. The lowest BCUT2D eigenvalue weighted by atomic mass is 10.1. The van der Waals surface area contributed by atoms with Crippen LogP contribution < -0.4 is 19.1 Å². The van der Waals surface area contributed by atoms with E-state index in [1.807, 2.05) is 17.0 Å². The maximum Gasteiger partial charge on any atom is 0.254 e. The molecule has 4 rings (SSSR count). The Morgan fingerprint density at radius 1 is 1.00 bits per heavy atom. The summed E-state index contributed by atoms with van der Waals surface area (Å²) in [4.78, 5) is 21.9. The van der Waals surface area contributed by atoms with E-state index in [0.29, 0.717) is 35.9 Å². The maximum absolute atomic E-state index is 13.1. The second-order valence-electron chi connectivity index (χ2n) is 6.80. The van der Waals surface area contributed by atoms with Crippen molar-refractivity contribution in [2.24, 2.45) is 0 Å². The van der Waals surface area contributed by atoms with Crippen molar-refractivity contribution in [3.05, 3.63) is 40.4 Å². The lowest BCUT2D eigenvalue weighted by molar-refractivity contribution is 0.0746. The first-order valence-corrected chi connectivity index (χ1v) is 11.1. The number of rotatable bonds is 5. The Balaban J connectivity index is 1.49. The number of carbonyl (C=O) groups excluding carboxylic acids is 1. The average molecular weight is 492 g/mol. The predicted molar refractivity (Wildman–Crippen MR) is 122 cm³/mol. The molecule has 0 N–H and O–H groups in total. The molecule has 2 aromatic carbocycles. The normalized spacial score (nSPS) is 14.1. The quantitative estimate of drug-likeness (QED) is 0.536. The fourth-order valence-electron chi connectivity index (χ4n) is 3.51. The Bertz CT molecular complexity index is 1050. The maximum atomic E-state index is 13.1. The second kappa shape index (κ2) is 8.69. The monoisotopic (exact) mass is 491 g/mol. The molecule has 7 nitrogen and oxygen atoms in total. The standard InChI is InChI=1S/C21H22BrN3O4S/c1-27-16-10-13(11-17(28-2)19(16)29-3)20(26)24-6-8-25(9-7-24)21-23-15-5-4-14(22)12-18(15)30-21/h4-5,10-12H,6-9H2,1-3H3. The van der Waals surface area contributed by atoms with Gasteiger partial charge in [0.1, 0.15) is 0 Å². The fraction of sp³-hybridized carbons (Fsp3) is 0.333. The molecule has 0 bridgehead atoms. The molecule has 9 heteroatoms. The number of hydrogen-bond acceptors (Lipinski definition) is 7. The van der Waals surface area contributed by atoms with Crippen molar-refractivity contribution in [3.63, 3.8) is 0 Å². The van der Waals surface area contributed by atoms with Crippen LogP contribution in [0.2, 0.25) is 0 Å². The minimum Gasteiger partial charge on any atom is -0.493 e. The van der Waals surface area contributed by atoms with E-state index >= 15 is 0 Å². The van der Waals surface area contributed by atoms with Crippen LogP contribution in [0.1, 0.15) is 10.4 Å². The van der Waals surface area contributed by atoms with E-state index in [2.05, 4.69) is 26.9 Å². The third-order valence-corrected chi connectivity index (χ3v) is 6.66. The molecule has 30 heavy (non-hydrogen) atoms. The van der Waals surface area contributed by atoms with Crippen LogP contribution in [0.25, 0.3) is 10.2 Å². The molecule has 1 aliphatic rings. The third kappa shape index (κ3) is 3.91. The molecule has 1 amide bonds. The van der Waals surface area contributed by atoms with Crippen LogP contribution in [0, 0.1) is 0 Å². The number of methoxy groups -OCH3 is 3. The van der Waals surface area contributed by atoms with E-state index < -0.39 is 0 Å². The Hall–Kier alpha value is -2.52. The second-order valence-corrected chi connectivity index (χ2v) is 8.73. The SMILES string of the molecule is COc1cc(C(=O)N2CCN(c3nc4ccc(Br)cc4s3)CC2)cc(OC)c1OC. The summed E-state index contributed by atoms with van der Waals surface area (Å²) in [6.45, 7) is 2.71. The van der Waals surface area contributed by atoms with Gasteiger partial charge in [0.25, 0.3) is 5.91 Å². The van der Waals surface area contributed by atoms with Gasteiger partial charge in [-0.15, -0.1) is 0 Å². The van der Waals surface area contributed by atoms with E-state index in [9.17, 15) is 4.79 Å². The van der Waals surface area contributed by atoms with Crippen molar-refractivity contribution in [2.75, 3.05) is 52.4 Å². The average Bonchev–Trinajstić information content (AvgIpc) is 3.20. The summed E-state index contributed by atoms with van der Waals surface area (Å²) < 4.78 is 18.3. The van der Waals surface area contributed by atoms with Gasteiger partial charge >= 0.3 is 0 Å².